The molecule has 1 aromatic rings. The van der Waals surface area contributed by atoms with E-state index in [1.165, 1.54) is 6.42 Å². The van der Waals surface area contributed by atoms with Gasteiger partial charge in [-0.15, -0.1) is 0 Å². The van der Waals surface area contributed by atoms with E-state index in [0.717, 1.165) is 64.9 Å². The number of aliphatic carboxylic acids is 2. The van der Waals surface area contributed by atoms with Crippen LogP contribution in [0.2, 0.25) is 0 Å². The minimum atomic E-state index is -5.08. The third kappa shape index (κ3) is 9.39. The van der Waals surface area contributed by atoms with Gasteiger partial charge in [0.05, 0.1) is 32.9 Å². The number of hydrogen-bond donors (Lipinski definition) is 2. The second-order valence-electron chi connectivity index (χ2n) is 8.32. The summed E-state index contributed by atoms with van der Waals surface area (Å²) >= 11 is 0. The van der Waals surface area contributed by atoms with Gasteiger partial charge in [0.15, 0.2) is 0 Å². The number of carbonyl (C=O) groups is 2. The lowest BCUT2D eigenvalue weighted by Gasteiger charge is -2.53. The van der Waals surface area contributed by atoms with Crippen LogP contribution in [0.5, 0.6) is 0 Å². The third-order valence-electron chi connectivity index (χ3n) is 5.53. The summed E-state index contributed by atoms with van der Waals surface area (Å²) in [5.74, 6) is -4.02. The monoisotopic (exact) mass is 532 g/mol. The SMILES string of the molecule is O=C(O)C(F)(F)F.O=C(O)C(F)(F)F.c1cnc(N2CC3(CCC(CN4CCOCC4)CO3)C2)nc1. The maximum Gasteiger partial charge on any atom is 0.490 e. The minimum Gasteiger partial charge on any atom is -0.475 e. The lowest BCUT2D eigenvalue weighted by atomic mass is 9.83. The molecule has 3 aliphatic rings. The fourth-order valence-electron chi connectivity index (χ4n) is 3.70. The Labute approximate surface area is 201 Å². The van der Waals surface area contributed by atoms with E-state index in [0.29, 0.717) is 5.92 Å². The van der Waals surface area contributed by atoms with Crippen molar-refractivity contribution in [1.82, 2.24) is 14.9 Å². The van der Waals surface area contributed by atoms with Gasteiger partial charge in [-0.3, -0.25) is 4.90 Å². The van der Waals surface area contributed by atoms with Crippen molar-refractivity contribution >= 4 is 17.9 Å². The zero-order valence-corrected chi connectivity index (χ0v) is 19.0. The molecule has 3 fully saturated rings. The molecule has 0 amide bonds. The zero-order chi connectivity index (χ0) is 27.0. The van der Waals surface area contributed by atoms with Crippen molar-refractivity contribution in [3.8, 4) is 0 Å². The average molecular weight is 532 g/mol. The molecule has 2 N–H and O–H groups in total. The number of ether oxygens (including phenoxy) is 2. The molecule has 16 heteroatoms. The average Bonchev–Trinajstić information content (AvgIpc) is 2.79. The molecule has 4 heterocycles. The Kier molecular flexibility index (Phi) is 10.2. The number of rotatable bonds is 3. The third-order valence-corrected chi connectivity index (χ3v) is 5.53. The maximum atomic E-state index is 10.6. The Morgan fingerprint density at radius 2 is 1.50 bits per heavy atom. The van der Waals surface area contributed by atoms with Gasteiger partial charge in [-0.2, -0.15) is 26.3 Å². The van der Waals surface area contributed by atoms with Crippen LogP contribution in [0.25, 0.3) is 0 Å². The van der Waals surface area contributed by atoms with Gasteiger partial charge < -0.3 is 24.6 Å². The van der Waals surface area contributed by atoms with E-state index in [1.807, 2.05) is 6.07 Å². The summed E-state index contributed by atoms with van der Waals surface area (Å²) in [6, 6.07) is 1.85. The van der Waals surface area contributed by atoms with E-state index in [1.54, 1.807) is 12.4 Å². The standard InChI is InChI=1S/C16H24N4O2.2C2HF3O2/c1-4-17-15(18-5-1)20-12-16(13-20)3-2-14(11-22-16)10-19-6-8-21-9-7-19;2*3-2(4,5)1(6)7/h1,4-5,14H,2-3,6-13H2;2*(H,6,7). The lowest BCUT2D eigenvalue weighted by Crippen LogP contribution is -2.65. The number of aromatic nitrogens is 2. The number of hydrogen-bond acceptors (Lipinski definition) is 8. The summed E-state index contributed by atoms with van der Waals surface area (Å²) in [6.45, 7) is 7.81. The summed E-state index contributed by atoms with van der Waals surface area (Å²) in [6.07, 6.45) is -4.15. The fraction of sp³-hybridized carbons (Fsp3) is 0.700. The first-order valence-electron chi connectivity index (χ1n) is 10.8. The Morgan fingerprint density at radius 1 is 1.00 bits per heavy atom. The minimum absolute atomic E-state index is 0.0563. The van der Waals surface area contributed by atoms with E-state index >= 15 is 0 Å². The number of nitrogens with zero attached hydrogens (tertiary/aromatic N) is 4. The van der Waals surface area contributed by atoms with Gasteiger partial charge in [0.25, 0.3) is 0 Å². The first-order chi connectivity index (χ1) is 16.7. The van der Waals surface area contributed by atoms with Gasteiger partial charge in [-0.1, -0.05) is 0 Å². The van der Waals surface area contributed by atoms with Gasteiger partial charge in [0.1, 0.15) is 5.60 Å². The van der Waals surface area contributed by atoms with Crippen molar-refractivity contribution in [2.45, 2.75) is 30.8 Å². The molecule has 1 unspecified atom stereocenters. The van der Waals surface area contributed by atoms with E-state index in [4.69, 9.17) is 29.3 Å². The summed E-state index contributed by atoms with van der Waals surface area (Å²) in [7, 11) is 0. The van der Waals surface area contributed by atoms with Crippen LogP contribution in [0.15, 0.2) is 18.5 Å². The molecule has 204 valence electrons. The van der Waals surface area contributed by atoms with Crippen LogP contribution in [0, 0.1) is 5.92 Å². The van der Waals surface area contributed by atoms with Crippen LogP contribution in [0.3, 0.4) is 0 Å². The lowest BCUT2D eigenvalue weighted by molar-refractivity contribution is -0.193. The van der Waals surface area contributed by atoms with Crippen LogP contribution in [0.4, 0.5) is 32.3 Å². The number of morpholine rings is 1. The second kappa shape index (κ2) is 12.5. The summed E-state index contributed by atoms with van der Waals surface area (Å²) < 4.78 is 75.1. The smallest absolute Gasteiger partial charge is 0.475 e. The van der Waals surface area contributed by atoms with E-state index < -0.39 is 24.3 Å². The van der Waals surface area contributed by atoms with Crippen LogP contribution in [-0.4, -0.2) is 108 Å². The molecule has 0 aliphatic carbocycles. The largest absolute Gasteiger partial charge is 0.490 e. The van der Waals surface area contributed by atoms with Crippen LogP contribution < -0.4 is 4.90 Å². The molecule has 10 nitrogen and oxygen atoms in total. The quantitative estimate of drug-likeness (QED) is 0.559. The predicted octanol–water partition coefficient (Wildman–Crippen LogP) is 2.06. The zero-order valence-electron chi connectivity index (χ0n) is 19.0. The normalized spacial score (nSPS) is 21.8. The van der Waals surface area contributed by atoms with Crippen molar-refractivity contribution in [2.24, 2.45) is 5.92 Å². The Bertz CT molecular complexity index is 811. The molecule has 1 atom stereocenters. The molecule has 1 aromatic heterocycles. The van der Waals surface area contributed by atoms with Crippen molar-refractivity contribution in [1.29, 1.82) is 0 Å². The van der Waals surface area contributed by atoms with Crippen molar-refractivity contribution in [3.63, 3.8) is 0 Å². The highest BCUT2D eigenvalue weighted by atomic mass is 19.4. The van der Waals surface area contributed by atoms with Gasteiger partial charge >= 0.3 is 24.3 Å². The van der Waals surface area contributed by atoms with Gasteiger partial charge in [0.2, 0.25) is 5.95 Å². The van der Waals surface area contributed by atoms with Crippen LogP contribution in [-0.2, 0) is 19.1 Å². The topological polar surface area (TPSA) is 125 Å². The molecule has 0 radical (unpaired) electrons. The Balaban J connectivity index is 0.000000271. The molecular weight excluding hydrogens is 506 g/mol. The van der Waals surface area contributed by atoms with E-state index in [2.05, 4.69) is 19.8 Å². The van der Waals surface area contributed by atoms with Gasteiger partial charge in [0, 0.05) is 32.0 Å². The highest BCUT2D eigenvalue weighted by molar-refractivity contribution is 5.73. The molecule has 0 aromatic carbocycles. The van der Waals surface area contributed by atoms with Crippen molar-refractivity contribution < 1.29 is 55.6 Å². The van der Waals surface area contributed by atoms with E-state index in [9.17, 15) is 26.3 Å². The summed E-state index contributed by atoms with van der Waals surface area (Å²) in [5.41, 5.74) is 0.0563. The number of carboxylic acids is 2. The molecule has 3 aliphatic heterocycles. The van der Waals surface area contributed by atoms with Crippen molar-refractivity contribution in [3.05, 3.63) is 18.5 Å². The first kappa shape index (κ1) is 29.5. The second-order valence-corrected chi connectivity index (χ2v) is 8.32. The number of alkyl halides is 6. The highest BCUT2D eigenvalue weighted by Gasteiger charge is 2.47. The van der Waals surface area contributed by atoms with Gasteiger partial charge in [-0.25, -0.2) is 19.6 Å². The number of carboxylic acid groups (broad SMARTS) is 2. The molecule has 3 saturated heterocycles. The maximum absolute atomic E-state index is 10.6. The molecular formula is C20H26F6N4O6. The molecule has 36 heavy (non-hydrogen) atoms. The predicted molar refractivity (Wildman–Crippen MR) is 110 cm³/mol. The summed E-state index contributed by atoms with van der Waals surface area (Å²) in [4.78, 5) is 31.1. The summed E-state index contributed by atoms with van der Waals surface area (Å²) in [5, 5.41) is 14.2. The number of halogens is 6. The van der Waals surface area contributed by atoms with E-state index in [-0.39, 0.29) is 5.60 Å². The first-order valence-corrected chi connectivity index (χ1v) is 10.8. The Hall–Kier alpha value is -2.72. The molecule has 0 bridgehead atoms. The molecule has 4 rings (SSSR count). The molecule has 0 saturated carbocycles. The van der Waals surface area contributed by atoms with Crippen LogP contribution >= 0.6 is 0 Å². The van der Waals surface area contributed by atoms with Crippen LogP contribution in [0.1, 0.15) is 12.8 Å². The fourth-order valence-corrected chi connectivity index (χ4v) is 3.70. The van der Waals surface area contributed by atoms with Crippen molar-refractivity contribution in [2.75, 3.05) is 57.4 Å². The van der Waals surface area contributed by atoms with Gasteiger partial charge in [-0.05, 0) is 24.8 Å². The number of anilines is 1. The highest BCUT2D eigenvalue weighted by Crippen LogP contribution is 2.37. The molecule has 1 spiro atoms. The Morgan fingerprint density at radius 3 is 1.92 bits per heavy atom.